The highest BCUT2D eigenvalue weighted by Gasteiger charge is 2.62. The lowest BCUT2D eigenvalue weighted by atomic mass is 9.54. The van der Waals surface area contributed by atoms with Gasteiger partial charge in [-0.05, 0) is 30.9 Å². The van der Waals surface area contributed by atoms with Crippen LogP contribution in [0.1, 0.15) is 50.7 Å². The number of nitrogens with one attached hydrogen (secondary N) is 1. The number of fused-ring (bicyclic) bond motifs is 1. The van der Waals surface area contributed by atoms with Gasteiger partial charge in [-0.3, -0.25) is 4.79 Å². The molecule has 3 unspecified atom stereocenters. The molecule has 3 atom stereocenters. The standard InChI is InChI=1S/C19H28N2O2/c1-4-23-16-11-19(20,18(16,2)3)17(22)21-12-14-10-9-13-7-5-6-8-15(13)14/h5-8,14,16H,4,9-12,20H2,1-3H3,(H,21,22). The van der Waals surface area contributed by atoms with E-state index in [2.05, 4.69) is 29.6 Å². The number of ether oxygens (including phenoxy) is 1. The lowest BCUT2D eigenvalue weighted by Crippen LogP contribution is -2.75. The predicted molar refractivity (Wildman–Crippen MR) is 91.2 cm³/mol. The Balaban J connectivity index is 1.61. The molecule has 1 aromatic carbocycles. The monoisotopic (exact) mass is 316 g/mol. The molecule has 23 heavy (non-hydrogen) atoms. The molecule has 2 aliphatic rings. The average molecular weight is 316 g/mol. The van der Waals surface area contributed by atoms with Crippen LogP contribution in [0.3, 0.4) is 0 Å². The average Bonchev–Trinajstić information content (AvgIpc) is 2.95. The molecule has 0 aromatic heterocycles. The number of hydrogen-bond donors (Lipinski definition) is 2. The van der Waals surface area contributed by atoms with Crippen LogP contribution in [-0.2, 0) is 16.0 Å². The van der Waals surface area contributed by atoms with Crippen LogP contribution in [0, 0.1) is 5.41 Å². The molecule has 1 amide bonds. The molecule has 0 heterocycles. The van der Waals surface area contributed by atoms with Gasteiger partial charge in [0.2, 0.25) is 5.91 Å². The molecule has 4 heteroatoms. The number of rotatable bonds is 5. The summed E-state index contributed by atoms with van der Waals surface area (Å²) in [5.74, 6) is 0.368. The molecule has 1 fully saturated rings. The van der Waals surface area contributed by atoms with Crippen LogP contribution in [0.2, 0.25) is 0 Å². The first-order valence-corrected chi connectivity index (χ1v) is 8.66. The SMILES string of the molecule is CCOC1CC(N)(C(=O)NCC2CCc3ccccc32)C1(C)C. The van der Waals surface area contributed by atoms with E-state index in [0.717, 1.165) is 12.8 Å². The Morgan fingerprint density at radius 1 is 1.39 bits per heavy atom. The second-order valence-electron chi connectivity index (χ2n) is 7.49. The summed E-state index contributed by atoms with van der Waals surface area (Å²) >= 11 is 0. The van der Waals surface area contributed by atoms with Crippen LogP contribution in [-0.4, -0.2) is 30.7 Å². The van der Waals surface area contributed by atoms with Crippen molar-refractivity contribution in [1.29, 1.82) is 0 Å². The number of carbonyl (C=O) groups is 1. The zero-order valence-electron chi connectivity index (χ0n) is 14.4. The molecule has 0 spiro atoms. The van der Waals surface area contributed by atoms with E-state index in [0.29, 0.717) is 25.5 Å². The molecule has 1 aromatic rings. The maximum Gasteiger partial charge on any atom is 0.240 e. The molecule has 2 aliphatic carbocycles. The van der Waals surface area contributed by atoms with Crippen LogP contribution in [0.4, 0.5) is 0 Å². The third-order valence-electron chi connectivity index (χ3n) is 6.00. The van der Waals surface area contributed by atoms with Gasteiger partial charge in [-0.2, -0.15) is 0 Å². The lowest BCUT2D eigenvalue weighted by Gasteiger charge is -2.57. The summed E-state index contributed by atoms with van der Waals surface area (Å²) in [5, 5.41) is 3.11. The van der Waals surface area contributed by atoms with Crippen LogP contribution in [0.5, 0.6) is 0 Å². The van der Waals surface area contributed by atoms with Crippen molar-refractivity contribution in [3.05, 3.63) is 35.4 Å². The van der Waals surface area contributed by atoms with E-state index in [9.17, 15) is 4.79 Å². The van der Waals surface area contributed by atoms with Gasteiger partial charge < -0.3 is 15.8 Å². The fourth-order valence-corrected chi connectivity index (χ4v) is 4.05. The van der Waals surface area contributed by atoms with Crippen molar-refractivity contribution < 1.29 is 9.53 Å². The summed E-state index contributed by atoms with van der Waals surface area (Å²) in [6.07, 6.45) is 2.86. The summed E-state index contributed by atoms with van der Waals surface area (Å²) in [6, 6.07) is 8.52. The molecule has 1 saturated carbocycles. The Morgan fingerprint density at radius 2 is 2.13 bits per heavy atom. The van der Waals surface area contributed by atoms with Crippen LogP contribution in [0.25, 0.3) is 0 Å². The molecule has 4 nitrogen and oxygen atoms in total. The molecule has 3 N–H and O–H groups in total. The summed E-state index contributed by atoms with van der Waals surface area (Å²) < 4.78 is 5.70. The van der Waals surface area contributed by atoms with Crippen molar-refractivity contribution in [1.82, 2.24) is 5.32 Å². The third kappa shape index (κ3) is 2.58. The van der Waals surface area contributed by atoms with Crippen LogP contribution < -0.4 is 11.1 Å². The molecule has 0 aliphatic heterocycles. The van der Waals surface area contributed by atoms with Gasteiger partial charge in [0, 0.05) is 30.9 Å². The maximum absolute atomic E-state index is 12.7. The first-order valence-electron chi connectivity index (χ1n) is 8.66. The largest absolute Gasteiger partial charge is 0.378 e. The van der Waals surface area contributed by atoms with Gasteiger partial charge in [-0.1, -0.05) is 38.1 Å². The van der Waals surface area contributed by atoms with Crippen molar-refractivity contribution in [2.75, 3.05) is 13.2 Å². The minimum Gasteiger partial charge on any atom is -0.378 e. The lowest BCUT2D eigenvalue weighted by molar-refractivity contribution is -0.170. The van der Waals surface area contributed by atoms with Crippen LogP contribution >= 0.6 is 0 Å². The fraction of sp³-hybridized carbons (Fsp3) is 0.632. The number of hydrogen-bond acceptors (Lipinski definition) is 3. The van der Waals surface area contributed by atoms with Gasteiger partial charge in [-0.25, -0.2) is 0 Å². The van der Waals surface area contributed by atoms with Crippen LogP contribution in [0.15, 0.2) is 24.3 Å². The Hall–Kier alpha value is -1.39. The Kier molecular flexibility index (Phi) is 4.23. The highest BCUT2D eigenvalue weighted by molar-refractivity contribution is 5.88. The van der Waals surface area contributed by atoms with E-state index >= 15 is 0 Å². The van der Waals surface area contributed by atoms with Gasteiger partial charge in [0.1, 0.15) is 5.54 Å². The molecular weight excluding hydrogens is 288 g/mol. The molecule has 0 saturated heterocycles. The minimum absolute atomic E-state index is 0.0390. The van der Waals surface area contributed by atoms with Gasteiger partial charge in [0.25, 0.3) is 0 Å². The van der Waals surface area contributed by atoms with E-state index in [1.54, 1.807) is 0 Å². The fourth-order valence-electron chi connectivity index (χ4n) is 4.05. The zero-order valence-corrected chi connectivity index (χ0v) is 14.4. The van der Waals surface area contributed by atoms with Crippen molar-refractivity contribution in [2.24, 2.45) is 11.1 Å². The Bertz CT molecular complexity index is 599. The normalized spacial score (nSPS) is 31.3. The van der Waals surface area contributed by atoms with Crippen molar-refractivity contribution in [3.63, 3.8) is 0 Å². The quantitative estimate of drug-likeness (QED) is 0.876. The van der Waals surface area contributed by atoms with E-state index in [-0.39, 0.29) is 17.4 Å². The zero-order chi connectivity index (χ0) is 16.7. The molecule has 0 bridgehead atoms. The summed E-state index contributed by atoms with van der Waals surface area (Å²) in [7, 11) is 0. The molecular formula is C19H28N2O2. The second-order valence-corrected chi connectivity index (χ2v) is 7.49. The number of aryl methyl sites for hydroxylation is 1. The first-order chi connectivity index (χ1) is 10.9. The molecule has 0 radical (unpaired) electrons. The van der Waals surface area contributed by atoms with Crippen molar-refractivity contribution >= 4 is 5.91 Å². The Morgan fingerprint density at radius 3 is 2.83 bits per heavy atom. The highest BCUT2D eigenvalue weighted by Crippen LogP contribution is 2.49. The maximum atomic E-state index is 12.7. The predicted octanol–water partition coefficient (Wildman–Crippen LogP) is 2.37. The smallest absolute Gasteiger partial charge is 0.240 e. The topological polar surface area (TPSA) is 64.3 Å². The number of benzene rings is 1. The number of amides is 1. The van der Waals surface area contributed by atoms with Crippen molar-refractivity contribution in [2.45, 2.75) is 57.6 Å². The van der Waals surface area contributed by atoms with E-state index in [1.807, 2.05) is 20.8 Å². The summed E-state index contributed by atoms with van der Waals surface area (Å²) in [4.78, 5) is 12.7. The molecule has 3 rings (SSSR count). The van der Waals surface area contributed by atoms with Gasteiger partial charge >= 0.3 is 0 Å². The van der Waals surface area contributed by atoms with Crippen molar-refractivity contribution in [3.8, 4) is 0 Å². The Labute approximate surface area is 138 Å². The van der Waals surface area contributed by atoms with E-state index in [1.165, 1.54) is 11.1 Å². The van der Waals surface area contributed by atoms with Gasteiger partial charge in [-0.15, -0.1) is 0 Å². The minimum atomic E-state index is -0.828. The van der Waals surface area contributed by atoms with E-state index < -0.39 is 5.54 Å². The van der Waals surface area contributed by atoms with Gasteiger partial charge in [0.15, 0.2) is 0 Å². The highest BCUT2D eigenvalue weighted by atomic mass is 16.5. The first kappa shape index (κ1) is 16.5. The number of nitrogens with two attached hydrogens (primary N) is 1. The number of carbonyl (C=O) groups excluding carboxylic acids is 1. The van der Waals surface area contributed by atoms with E-state index in [4.69, 9.17) is 10.5 Å². The summed E-state index contributed by atoms with van der Waals surface area (Å²) in [5.41, 5.74) is 8.06. The third-order valence-corrected chi connectivity index (χ3v) is 6.00. The molecule has 126 valence electrons. The second kappa shape index (κ2) is 5.91. The summed E-state index contributed by atoms with van der Waals surface area (Å²) in [6.45, 7) is 7.36. The van der Waals surface area contributed by atoms with Gasteiger partial charge in [0.05, 0.1) is 6.10 Å².